The van der Waals surface area contributed by atoms with E-state index in [2.05, 4.69) is 78.8 Å². The molecule has 1 unspecified atom stereocenters. The third-order valence-electron chi connectivity index (χ3n) is 4.82. The van der Waals surface area contributed by atoms with Gasteiger partial charge >= 0.3 is 0 Å². The highest BCUT2D eigenvalue weighted by molar-refractivity contribution is 5.31. The standard InChI is InChI=1S/C20H21NO/c1-21-14-17-12-18(21)13-19(17)22-20(15-8-4-2-5-9-15)16-10-6-3-7-11-16/h2-11,14,18-20H,12-13H2,1H3/t18-,19?/m1/s1. The Morgan fingerprint density at radius 3 is 2.00 bits per heavy atom. The summed E-state index contributed by atoms with van der Waals surface area (Å²) in [6.45, 7) is 0. The van der Waals surface area contributed by atoms with Crippen molar-refractivity contribution in [3.63, 3.8) is 0 Å². The SMILES string of the molecule is CN1C=C2C[C@@H]1CC2OC(c1ccccc1)c1ccccc1. The fourth-order valence-corrected chi connectivity index (χ4v) is 3.61. The molecule has 112 valence electrons. The molecule has 2 heteroatoms. The molecular weight excluding hydrogens is 270 g/mol. The Morgan fingerprint density at radius 2 is 1.55 bits per heavy atom. The molecule has 1 heterocycles. The normalized spacial score (nSPS) is 23.2. The number of benzene rings is 2. The highest BCUT2D eigenvalue weighted by Crippen LogP contribution is 2.40. The van der Waals surface area contributed by atoms with Crippen molar-refractivity contribution in [3.8, 4) is 0 Å². The zero-order valence-electron chi connectivity index (χ0n) is 12.9. The van der Waals surface area contributed by atoms with Crippen LogP contribution >= 0.6 is 0 Å². The quantitative estimate of drug-likeness (QED) is 0.839. The van der Waals surface area contributed by atoms with Crippen molar-refractivity contribution in [2.75, 3.05) is 7.05 Å². The maximum atomic E-state index is 6.57. The molecule has 4 rings (SSSR count). The highest BCUT2D eigenvalue weighted by atomic mass is 16.5. The van der Waals surface area contributed by atoms with Crippen LogP contribution < -0.4 is 0 Å². The van der Waals surface area contributed by atoms with Gasteiger partial charge in [-0.25, -0.2) is 0 Å². The third-order valence-corrected chi connectivity index (χ3v) is 4.82. The van der Waals surface area contributed by atoms with E-state index in [0.717, 1.165) is 12.8 Å². The maximum Gasteiger partial charge on any atom is 0.108 e. The fraction of sp³-hybridized carbons (Fsp3) is 0.300. The zero-order chi connectivity index (χ0) is 14.9. The molecular formula is C20H21NO. The van der Waals surface area contributed by atoms with E-state index in [0.29, 0.717) is 6.04 Å². The number of hydrogen-bond acceptors (Lipinski definition) is 2. The first-order valence-corrected chi connectivity index (χ1v) is 7.99. The van der Waals surface area contributed by atoms with Crippen LogP contribution in [0.4, 0.5) is 0 Å². The first kappa shape index (κ1) is 13.6. The first-order valence-electron chi connectivity index (χ1n) is 7.99. The van der Waals surface area contributed by atoms with Crippen molar-refractivity contribution in [1.82, 2.24) is 4.90 Å². The Kier molecular flexibility index (Phi) is 3.47. The van der Waals surface area contributed by atoms with Gasteiger partial charge in [-0.15, -0.1) is 0 Å². The third kappa shape index (κ3) is 2.44. The fourth-order valence-electron chi connectivity index (χ4n) is 3.61. The van der Waals surface area contributed by atoms with Crippen molar-refractivity contribution >= 4 is 0 Å². The minimum absolute atomic E-state index is 0.0120. The largest absolute Gasteiger partial charge is 0.377 e. The summed E-state index contributed by atoms with van der Waals surface area (Å²) >= 11 is 0. The smallest absolute Gasteiger partial charge is 0.108 e. The van der Waals surface area contributed by atoms with E-state index in [-0.39, 0.29) is 12.2 Å². The van der Waals surface area contributed by atoms with Crippen molar-refractivity contribution < 1.29 is 4.74 Å². The average molecular weight is 291 g/mol. The lowest BCUT2D eigenvalue weighted by molar-refractivity contribution is 0.0232. The topological polar surface area (TPSA) is 12.5 Å². The number of hydrogen-bond donors (Lipinski definition) is 0. The van der Waals surface area contributed by atoms with Crippen LogP contribution in [0, 0.1) is 0 Å². The highest BCUT2D eigenvalue weighted by Gasteiger charge is 2.38. The van der Waals surface area contributed by atoms with Crippen LogP contribution in [-0.2, 0) is 4.74 Å². The van der Waals surface area contributed by atoms with Gasteiger partial charge in [0.05, 0.1) is 6.10 Å². The molecule has 0 radical (unpaired) electrons. The predicted molar refractivity (Wildman–Crippen MR) is 88.5 cm³/mol. The summed E-state index contributed by atoms with van der Waals surface area (Å²) in [6, 6.07) is 21.7. The Balaban J connectivity index is 1.63. The van der Waals surface area contributed by atoms with Gasteiger partial charge in [0, 0.05) is 19.3 Å². The molecule has 0 N–H and O–H groups in total. The molecule has 1 fully saturated rings. The van der Waals surface area contributed by atoms with E-state index in [9.17, 15) is 0 Å². The summed E-state index contributed by atoms with van der Waals surface area (Å²) in [5.74, 6) is 0. The molecule has 2 aliphatic rings. The van der Waals surface area contributed by atoms with E-state index >= 15 is 0 Å². The van der Waals surface area contributed by atoms with Crippen molar-refractivity contribution in [2.24, 2.45) is 0 Å². The Bertz CT molecular complexity index is 625. The second-order valence-electron chi connectivity index (χ2n) is 6.29. The van der Waals surface area contributed by atoms with Crippen molar-refractivity contribution in [1.29, 1.82) is 0 Å². The monoisotopic (exact) mass is 291 g/mol. The van der Waals surface area contributed by atoms with Crippen LogP contribution in [-0.4, -0.2) is 24.1 Å². The number of rotatable bonds is 4. The maximum absolute atomic E-state index is 6.57. The number of fused-ring (bicyclic) bond motifs is 2. The van der Waals surface area contributed by atoms with Gasteiger partial charge in [0.2, 0.25) is 0 Å². The number of nitrogens with zero attached hydrogens (tertiary/aromatic N) is 1. The predicted octanol–water partition coefficient (Wildman–Crippen LogP) is 4.15. The molecule has 2 nitrogen and oxygen atoms in total. The molecule has 1 saturated carbocycles. The summed E-state index contributed by atoms with van der Waals surface area (Å²) < 4.78 is 6.57. The molecule has 0 spiro atoms. The summed E-state index contributed by atoms with van der Waals surface area (Å²) in [6.07, 6.45) is 4.81. The molecule has 2 aromatic carbocycles. The zero-order valence-corrected chi connectivity index (χ0v) is 12.9. The van der Waals surface area contributed by atoms with Gasteiger partial charge in [-0.1, -0.05) is 60.7 Å². The van der Waals surface area contributed by atoms with Crippen LogP contribution in [0.3, 0.4) is 0 Å². The van der Waals surface area contributed by atoms with E-state index in [4.69, 9.17) is 4.74 Å². The molecule has 0 amide bonds. The van der Waals surface area contributed by atoms with Crippen LogP contribution in [0.2, 0.25) is 0 Å². The summed E-state index contributed by atoms with van der Waals surface area (Å²) in [5, 5.41) is 0. The summed E-state index contributed by atoms with van der Waals surface area (Å²) in [5.41, 5.74) is 3.90. The molecule has 2 atom stereocenters. The lowest BCUT2D eigenvalue weighted by Gasteiger charge is -2.28. The van der Waals surface area contributed by atoms with Crippen LogP contribution in [0.15, 0.2) is 72.4 Å². The van der Waals surface area contributed by atoms with Crippen molar-refractivity contribution in [3.05, 3.63) is 83.6 Å². The van der Waals surface area contributed by atoms with E-state index in [1.165, 1.54) is 16.7 Å². The van der Waals surface area contributed by atoms with E-state index < -0.39 is 0 Å². The van der Waals surface area contributed by atoms with Crippen LogP contribution in [0.25, 0.3) is 0 Å². The van der Waals surface area contributed by atoms with Gasteiger partial charge < -0.3 is 9.64 Å². The van der Waals surface area contributed by atoms with Gasteiger partial charge in [0.25, 0.3) is 0 Å². The lowest BCUT2D eigenvalue weighted by atomic mass is 10.0. The molecule has 2 aromatic rings. The first-order chi connectivity index (χ1) is 10.8. The van der Waals surface area contributed by atoms with Crippen LogP contribution in [0.1, 0.15) is 30.1 Å². The lowest BCUT2D eigenvalue weighted by Crippen LogP contribution is -2.28. The second-order valence-corrected chi connectivity index (χ2v) is 6.29. The molecule has 1 aliphatic carbocycles. The Morgan fingerprint density at radius 1 is 0.955 bits per heavy atom. The van der Waals surface area contributed by atoms with E-state index in [1.807, 2.05) is 0 Å². The van der Waals surface area contributed by atoms with Crippen LogP contribution in [0.5, 0.6) is 0 Å². The summed E-state index contributed by atoms with van der Waals surface area (Å²) in [4.78, 5) is 2.33. The number of ether oxygens (including phenoxy) is 1. The van der Waals surface area contributed by atoms with Gasteiger partial charge in [0.15, 0.2) is 0 Å². The molecule has 0 saturated heterocycles. The van der Waals surface area contributed by atoms with Gasteiger partial charge in [-0.3, -0.25) is 0 Å². The van der Waals surface area contributed by atoms with E-state index in [1.54, 1.807) is 0 Å². The molecule has 0 aromatic heterocycles. The van der Waals surface area contributed by atoms with Gasteiger partial charge in [-0.2, -0.15) is 0 Å². The van der Waals surface area contributed by atoms with Gasteiger partial charge in [-0.05, 0) is 29.5 Å². The Labute approximate surface area is 132 Å². The van der Waals surface area contributed by atoms with Gasteiger partial charge in [0.1, 0.15) is 6.10 Å². The summed E-state index contributed by atoms with van der Waals surface area (Å²) in [7, 11) is 2.17. The minimum Gasteiger partial charge on any atom is -0.377 e. The second kappa shape index (κ2) is 5.62. The minimum atomic E-state index is 0.0120. The molecule has 1 aliphatic heterocycles. The molecule has 2 bridgehead atoms. The average Bonchev–Trinajstić information content (AvgIpc) is 3.13. The Hall–Kier alpha value is -2.06. The molecule has 22 heavy (non-hydrogen) atoms. The van der Waals surface area contributed by atoms with Crippen molar-refractivity contribution in [2.45, 2.75) is 31.1 Å².